The van der Waals surface area contributed by atoms with Crippen LogP contribution in [0.15, 0.2) is 77.9 Å². The number of nitrogens with zero attached hydrogens (tertiary/aromatic N) is 1. The van der Waals surface area contributed by atoms with Gasteiger partial charge in [-0.2, -0.15) is 0 Å². The maximum absolute atomic E-state index is 4.49. The molecule has 3 rings (SSSR count). The largest absolute Gasteiger partial charge is 0.255 e. The lowest BCUT2D eigenvalue weighted by molar-refractivity contribution is 1.31. The molecule has 3 aromatic rings. The molecule has 0 aliphatic rings. The van der Waals surface area contributed by atoms with Gasteiger partial charge in [-0.3, -0.25) is 4.98 Å². The van der Waals surface area contributed by atoms with E-state index in [0.717, 1.165) is 21.3 Å². The lowest BCUT2D eigenvalue weighted by Crippen LogP contribution is -1.90. The van der Waals surface area contributed by atoms with E-state index >= 15 is 0 Å². The average Bonchev–Trinajstić information content (AvgIpc) is 2.64. The molecule has 0 unspecified atom stereocenters. The fourth-order valence-electron chi connectivity index (χ4n) is 2.48. The summed E-state index contributed by atoms with van der Waals surface area (Å²) in [5, 5.41) is 0. The zero-order valence-corrected chi connectivity index (χ0v) is 16.0. The fraction of sp³-hybridized carbons (Fsp3) is 0.136. The van der Waals surface area contributed by atoms with Crippen molar-refractivity contribution in [3.63, 3.8) is 0 Å². The molecule has 0 saturated heterocycles. The SMILES string of the molecule is C=C(C)c1ccc(-c2ccc(Br)cn2)cc1-c1ccccc1.CC. The van der Waals surface area contributed by atoms with Gasteiger partial charge in [0.05, 0.1) is 5.69 Å². The van der Waals surface area contributed by atoms with Gasteiger partial charge in [0.2, 0.25) is 0 Å². The Labute approximate surface area is 153 Å². The van der Waals surface area contributed by atoms with Crippen LogP contribution in [0.3, 0.4) is 0 Å². The monoisotopic (exact) mass is 379 g/mol. The van der Waals surface area contributed by atoms with Crippen LogP contribution in [0.4, 0.5) is 0 Å². The molecule has 0 fully saturated rings. The van der Waals surface area contributed by atoms with Crippen molar-refractivity contribution in [3.05, 3.63) is 83.5 Å². The smallest absolute Gasteiger partial charge is 0.0703 e. The summed E-state index contributed by atoms with van der Waals surface area (Å²) in [7, 11) is 0. The zero-order chi connectivity index (χ0) is 17.5. The van der Waals surface area contributed by atoms with Crippen molar-refractivity contribution in [1.82, 2.24) is 4.98 Å². The number of pyridine rings is 1. The highest BCUT2D eigenvalue weighted by Crippen LogP contribution is 2.32. The predicted octanol–water partition coefficient (Wildman–Crippen LogP) is 7.24. The molecule has 0 amide bonds. The molecule has 2 aromatic carbocycles. The molecule has 0 aliphatic heterocycles. The standard InChI is InChI=1S/C20H16BrN.C2H6/c1-14(2)18-10-8-16(20-11-9-17(21)13-22-20)12-19(18)15-6-4-3-5-7-15;1-2/h3-13H,1H2,2H3;1-2H3. The number of rotatable bonds is 3. The van der Waals surface area contributed by atoms with Crippen LogP contribution < -0.4 is 0 Å². The molecule has 1 nitrogen and oxygen atoms in total. The highest BCUT2D eigenvalue weighted by Gasteiger charge is 2.09. The van der Waals surface area contributed by atoms with Gasteiger partial charge in [0.25, 0.3) is 0 Å². The molecule has 122 valence electrons. The van der Waals surface area contributed by atoms with E-state index in [-0.39, 0.29) is 0 Å². The average molecular weight is 380 g/mol. The van der Waals surface area contributed by atoms with E-state index in [0.29, 0.717) is 0 Å². The van der Waals surface area contributed by atoms with Gasteiger partial charge in [-0.1, -0.05) is 68.5 Å². The number of halogens is 1. The third-order valence-corrected chi connectivity index (χ3v) is 4.06. The number of aromatic nitrogens is 1. The summed E-state index contributed by atoms with van der Waals surface area (Å²) in [5.74, 6) is 0. The minimum atomic E-state index is 0.966. The van der Waals surface area contributed by atoms with Crippen molar-refractivity contribution in [3.8, 4) is 22.4 Å². The van der Waals surface area contributed by atoms with Crippen molar-refractivity contribution in [2.75, 3.05) is 0 Å². The Morgan fingerprint density at radius 3 is 2.21 bits per heavy atom. The van der Waals surface area contributed by atoms with Gasteiger partial charge in [-0.05, 0) is 57.7 Å². The summed E-state index contributed by atoms with van der Waals surface area (Å²) in [6.07, 6.45) is 1.82. The molecular formula is C22H22BrN. The van der Waals surface area contributed by atoms with Crippen LogP contribution in [0.2, 0.25) is 0 Å². The summed E-state index contributed by atoms with van der Waals surface area (Å²) < 4.78 is 0.984. The van der Waals surface area contributed by atoms with E-state index < -0.39 is 0 Å². The summed E-state index contributed by atoms with van der Waals surface area (Å²) >= 11 is 3.43. The molecule has 1 aromatic heterocycles. The van der Waals surface area contributed by atoms with E-state index in [1.54, 1.807) is 0 Å². The molecule has 1 heterocycles. The van der Waals surface area contributed by atoms with Gasteiger partial charge in [-0.25, -0.2) is 0 Å². The minimum Gasteiger partial charge on any atom is -0.255 e. The van der Waals surface area contributed by atoms with Crippen molar-refractivity contribution in [2.45, 2.75) is 20.8 Å². The Kier molecular flexibility index (Phi) is 6.51. The van der Waals surface area contributed by atoms with Crippen molar-refractivity contribution in [2.24, 2.45) is 0 Å². The van der Waals surface area contributed by atoms with Gasteiger partial charge in [0, 0.05) is 16.2 Å². The molecule has 0 atom stereocenters. The maximum atomic E-state index is 4.49. The van der Waals surface area contributed by atoms with E-state index in [4.69, 9.17) is 0 Å². The first-order valence-electron chi connectivity index (χ1n) is 8.12. The van der Waals surface area contributed by atoms with Crippen molar-refractivity contribution < 1.29 is 0 Å². The van der Waals surface area contributed by atoms with Gasteiger partial charge >= 0.3 is 0 Å². The summed E-state index contributed by atoms with van der Waals surface area (Å²) in [6, 6.07) is 20.9. The molecule has 0 bridgehead atoms. The first kappa shape index (κ1) is 18.2. The molecule has 0 aliphatic carbocycles. The molecule has 24 heavy (non-hydrogen) atoms. The Balaban J connectivity index is 0.00000100. The highest BCUT2D eigenvalue weighted by atomic mass is 79.9. The second-order valence-electron chi connectivity index (χ2n) is 5.27. The Morgan fingerprint density at radius 1 is 0.917 bits per heavy atom. The second-order valence-corrected chi connectivity index (χ2v) is 6.18. The van der Waals surface area contributed by atoms with Crippen molar-refractivity contribution in [1.29, 1.82) is 0 Å². The third-order valence-electron chi connectivity index (χ3n) is 3.59. The molecule has 0 N–H and O–H groups in total. The quantitative estimate of drug-likeness (QED) is 0.467. The summed E-state index contributed by atoms with van der Waals surface area (Å²) in [4.78, 5) is 4.49. The third kappa shape index (κ3) is 4.21. The van der Waals surface area contributed by atoms with Crippen LogP contribution in [0.25, 0.3) is 28.0 Å². The van der Waals surface area contributed by atoms with E-state index in [1.807, 2.05) is 45.2 Å². The number of benzene rings is 2. The van der Waals surface area contributed by atoms with Crippen molar-refractivity contribution >= 4 is 21.5 Å². The molecular weight excluding hydrogens is 358 g/mol. The van der Waals surface area contributed by atoms with Crippen LogP contribution in [0.1, 0.15) is 26.3 Å². The Bertz CT molecular complexity index is 805. The van der Waals surface area contributed by atoms with Crippen LogP contribution in [0.5, 0.6) is 0 Å². The highest BCUT2D eigenvalue weighted by molar-refractivity contribution is 9.10. The number of hydrogen-bond acceptors (Lipinski definition) is 1. The van der Waals surface area contributed by atoms with Crippen LogP contribution in [0, 0.1) is 0 Å². The molecule has 0 spiro atoms. The van der Waals surface area contributed by atoms with E-state index in [1.165, 1.54) is 16.7 Å². The van der Waals surface area contributed by atoms with Crippen LogP contribution in [-0.4, -0.2) is 4.98 Å². The first-order valence-corrected chi connectivity index (χ1v) is 8.92. The predicted molar refractivity (Wildman–Crippen MR) is 109 cm³/mol. The van der Waals surface area contributed by atoms with Crippen LogP contribution in [-0.2, 0) is 0 Å². The minimum absolute atomic E-state index is 0.966. The normalized spacial score (nSPS) is 9.83. The molecule has 0 saturated carbocycles. The van der Waals surface area contributed by atoms with Gasteiger partial charge in [-0.15, -0.1) is 0 Å². The number of allylic oxidation sites excluding steroid dienone is 1. The number of hydrogen-bond donors (Lipinski definition) is 0. The Morgan fingerprint density at radius 2 is 1.62 bits per heavy atom. The first-order chi connectivity index (χ1) is 11.6. The maximum Gasteiger partial charge on any atom is 0.0703 e. The lowest BCUT2D eigenvalue weighted by Gasteiger charge is -2.12. The topological polar surface area (TPSA) is 12.9 Å². The lowest BCUT2D eigenvalue weighted by atomic mass is 9.93. The summed E-state index contributed by atoms with van der Waals surface area (Å²) in [6.45, 7) is 10.1. The molecule has 2 heteroatoms. The van der Waals surface area contributed by atoms with E-state index in [9.17, 15) is 0 Å². The van der Waals surface area contributed by atoms with Crippen LogP contribution >= 0.6 is 15.9 Å². The zero-order valence-electron chi connectivity index (χ0n) is 14.4. The van der Waals surface area contributed by atoms with Gasteiger partial charge in [0.1, 0.15) is 0 Å². The summed E-state index contributed by atoms with van der Waals surface area (Å²) in [5.41, 5.74) is 6.70. The van der Waals surface area contributed by atoms with Gasteiger partial charge < -0.3 is 0 Å². The van der Waals surface area contributed by atoms with E-state index in [2.05, 4.69) is 70.0 Å². The second kappa shape index (κ2) is 8.60. The fourth-order valence-corrected chi connectivity index (χ4v) is 2.71. The molecule has 0 radical (unpaired) electrons. The Hall–Kier alpha value is -2.19. The van der Waals surface area contributed by atoms with Gasteiger partial charge in [0.15, 0.2) is 0 Å².